The molecular weight excluding hydrogens is 280 g/mol. The van der Waals surface area contributed by atoms with Gasteiger partial charge in [-0.25, -0.2) is 4.98 Å². The molecule has 1 unspecified atom stereocenters. The highest BCUT2D eigenvalue weighted by Crippen LogP contribution is 2.15. The Balaban J connectivity index is 1.90. The Labute approximate surface area is 132 Å². The molecule has 0 radical (unpaired) electrons. The monoisotopic (exact) mass is 308 g/mol. The maximum absolute atomic E-state index is 4.80. The van der Waals surface area contributed by atoms with E-state index in [-0.39, 0.29) is 0 Å². The SMILES string of the molecule is CCNC(=NCCc1csc(CC)n1)N1CCCC(C)C1. The van der Waals surface area contributed by atoms with Crippen molar-refractivity contribution >= 4 is 17.3 Å². The van der Waals surface area contributed by atoms with E-state index in [1.165, 1.54) is 23.5 Å². The molecule has 1 aromatic heterocycles. The molecule has 2 heterocycles. The van der Waals surface area contributed by atoms with Crippen molar-refractivity contribution in [1.29, 1.82) is 0 Å². The first kappa shape index (κ1) is 16.3. The van der Waals surface area contributed by atoms with Gasteiger partial charge in [0, 0.05) is 38.0 Å². The van der Waals surface area contributed by atoms with E-state index in [9.17, 15) is 0 Å². The molecule has 1 atom stereocenters. The van der Waals surface area contributed by atoms with Gasteiger partial charge >= 0.3 is 0 Å². The molecule has 2 rings (SSSR count). The van der Waals surface area contributed by atoms with Crippen LogP contribution in [0.3, 0.4) is 0 Å². The number of nitrogens with one attached hydrogen (secondary N) is 1. The maximum Gasteiger partial charge on any atom is 0.193 e. The molecule has 1 aromatic rings. The number of piperidine rings is 1. The zero-order valence-electron chi connectivity index (χ0n) is 13.6. The fourth-order valence-corrected chi connectivity index (χ4v) is 3.49. The van der Waals surface area contributed by atoms with E-state index in [0.717, 1.165) is 50.9 Å². The van der Waals surface area contributed by atoms with Gasteiger partial charge in [-0.1, -0.05) is 13.8 Å². The number of nitrogens with zero attached hydrogens (tertiary/aromatic N) is 3. The number of aromatic nitrogens is 1. The first-order valence-corrected chi connectivity index (χ1v) is 9.07. The summed E-state index contributed by atoms with van der Waals surface area (Å²) in [5.41, 5.74) is 1.18. The highest BCUT2D eigenvalue weighted by atomic mass is 32.1. The van der Waals surface area contributed by atoms with Crippen molar-refractivity contribution in [2.24, 2.45) is 10.9 Å². The second kappa shape index (κ2) is 8.37. The number of rotatable bonds is 5. The average molecular weight is 308 g/mol. The molecule has 0 spiro atoms. The van der Waals surface area contributed by atoms with Gasteiger partial charge in [0.1, 0.15) is 0 Å². The van der Waals surface area contributed by atoms with Crippen LogP contribution in [0.5, 0.6) is 0 Å². The Bertz CT molecular complexity index is 455. The predicted molar refractivity (Wildman–Crippen MR) is 91.1 cm³/mol. The third-order valence-corrected chi connectivity index (χ3v) is 4.86. The number of guanidine groups is 1. The number of likely N-dealkylation sites (tertiary alicyclic amines) is 1. The Hall–Kier alpha value is -1.10. The zero-order valence-corrected chi connectivity index (χ0v) is 14.4. The fraction of sp³-hybridized carbons (Fsp3) is 0.750. The van der Waals surface area contributed by atoms with Crippen LogP contribution in [-0.2, 0) is 12.8 Å². The third kappa shape index (κ3) is 4.99. The lowest BCUT2D eigenvalue weighted by molar-refractivity contribution is 0.266. The number of aryl methyl sites for hydroxylation is 1. The lowest BCUT2D eigenvalue weighted by Crippen LogP contribution is -2.46. The van der Waals surface area contributed by atoms with Gasteiger partial charge in [0.15, 0.2) is 5.96 Å². The minimum Gasteiger partial charge on any atom is -0.357 e. The van der Waals surface area contributed by atoms with Crippen molar-refractivity contribution in [3.8, 4) is 0 Å². The zero-order chi connectivity index (χ0) is 15.1. The molecule has 1 aliphatic heterocycles. The number of hydrogen-bond acceptors (Lipinski definition) is 3. The lowest BCUT2D eigenvalue weighted by Gasteiger charge is -2.33. The van der Waals surface area contributed by atoms with Crippen LogP contribution in [0.2, 0.25) is 0 Å². The largest absolute Gasteiger partial charge is 0.357 e. The molecule has 21 heavy (non-hydrogen) atoms. The van der Waals surface area contributed by atoms with E-state index in [2.05, 4.69) is 41.4 Å². The highest BCUT2D eigenvalue weighted by molar-refractivity contribution is 7.09. The molecule has 1 fully saturated rings. The molecule has 0 aliphatic carbocycles. The lowest BCUT2D eigenvalue weighted by atomic mass is 10.0. The Kier molecular flexibility index (Phi) is 6.49. The molecule has 0 saturated carbocycles. The molecule has 118 valence electrons. The van der Waals surface area contributed by atoms with Crippen molar-refractivity contribution in [3.05, 3.63) is 16.1 Å². The second-order valence-electron chi connectivity index (χ2n) is 5.77. The van der Waals surface area contributed by atoms with Gasteiger partial charge in [-0.2, -0.15) is 0 Å². The van der Waals surface area contributed by atoms with Crippen LogP contribution < -0.4 is 5.32 Å². The Morgan fingerprint density at radius 1 is 1.52 bits per heavy atom. The van der Waals surface area contributed by atoms with Crippen molar-refractivity contribution < 1.29 is 0 Å². The van der Waals surface area contributed by atoms with Crippen LogP contribution in [-0.4, -0.2) is 42.0 Å². The van der Waals surface area contributed by atoms with Crippen molar-refractivity contribution in [2.45, 2.75) is 46.5 Å². The standard InChI is InChI=1S/C16H28N4S/c1-4-15-19-14(12-21-15)8-9-18-16(17-5-2)20-10-6-7-13(3)11-20/h12-13H,4-11H2,1-3H3,(H,17,18). The van der Waals surface area contributed by atoms with Gasteiger partial charge in [0.2, 0.25) is 0 Å². The summed E-state index contributed by atoms with van der Waals surface area (Å²) in [7, 11) is 0. The molecule has 0 amide bonds. The molecule has 4 nitrogen and oxygen atoms in total. The summed E-state index contributed by atoms with van der Waals surface area (Å²) in [5.74, 6) is 1.85. The smallest absolute Gasteiger partial charge is 0.193 e. The third-order valence-electron chi connectivity index (χ3n) is 3.82. The second-order valence-corrected chi connectivity index (χ2v) is 6.71. The maximum atomic E-state index is 4.80. The summed E-state index contributed by atoms with van der Waals surface area (Å²) in [5, 5.41) is 6.83. The van der Waals surface area contributed by atoms with Gasteiger partial charge < -0.3 is 10.2 Å². The van der Waals surface area contributed by atoms with E-state index < -0.39 is 0 Å². The molecule has 0 bridgehead atoms. The summed E-state index contributed by atoms with van der Waals surface area (Å²) in [4.78, 5) is 11.8. The molecule has 1 aliphatic rings. The van der Waals surface area contributed by atoms with Gasteiger partial charge in [-0.3, -0.25) is 4.99 Å². The van der Waals surface area contributed by atoms with Crippen molar-refractivity contribution in [1.82, 2.24) is 15.2 Å². The average Bonchev–Trinajstić information content (AvgIpc) is 2.94. The van der Waals surface area contributed by atoms with Crippen LogP contribution in [0.4, 0.5) is 0 Å². The normalized spacial score (nSPS) is 19.9. The van der Waals surface area contributed by atoms with Crippen LogP contribution in [0.15, 0.2) is 10.4 Å². The number of hydrogen-bond donors (Lipinski definition) is 1. The van der Waals surface area contributed by atoms with Crippen LogP contribution in [0.1, 0.15) is 44.3 Å². The van der Waals surface area contributed by atoms with Gasteiger partial charge in [0.25, 0.3) is 0 Å². The van der Waals surface area contributed by atoms with Gasteiger partial charge in [-0.15, -0.1) is 11.3 Å². The Morgan fingerprint density at radius 2 is 2.38 bits per heavy atom. The van der Waals surface area contributed by atoms with Crippen molar-refractivity contribution in [3.63, 3.8) is 0 Å². The number of aliphatic imine (C=N–C) groups is 1. The van der Waals surface area contributed by atoms with E-state index in [0.29, 0.717) is 0 Å². The summed E-state index contributed by atoms with van der Waals surface area (Å²) in [6, 6.07) is 0. The van der Waals surface area contributed by atoms with E-state index in [1.54, 1.807) is 11.3 Å². The summed E-state index contributed by atoms with van der Waals surface area (Å²) in [6.45, 7) is 10.6. The molecule has 0 aromatic carbocycles. The van der Waals surface area contributed by atoms with E-state index >= 15 is 0 Å². The fourth-order valence-electron chi connectivity index (χ4n) is 2.71. The molecule has 5 heteroatoms. The van der Waals surface area contributed by atoms with Crippen LogP contribution in [0, 0.1) is 5.92 Å². The molecular formula is C16H28N4S. The van der Waals surface area contributed by atoms with Gasteiger partial charge in [0.05, 0.1) is 10.7 Å². The predicted octanol–water partition coefficient (Wildman–Crippen LogP) is 2.95. The first-order valence-electron chi connectivity index (χ1n) is 8.19. The summed E-state index contributed by atoms with van der Waals surface area (Å²) < 4.78 is 0. The van der Waals surface area contributed by atoms with Crippen LogP contribution in [0.25, 0.3) is 0 Å². The highest BCUT2D eigenvalue weighted by Gasteiger charge is 2.18. The minimum atomic E-state index is 0.772. The first-order chi connectivity index (χ1) is 10.2. The molecule has 1 saturated heterocycles. The van der Waals surface area contributed by atoms with E-state index in [1.807, 2.05) is 0 Å². The summed E-state index contributed by atoms with van der Waals surface area (Å²) in [6.07, 6.45) is 4.59. The van der Waals surface area contributed by atoms with E-state index in [4.69, 9.17) is 4.99 Å². The molecule has 1 N–H and O–H groups in total. The van der Waals surface area contributed by atoms with Gasteiger partial charge in [-0.05, 0) is 32.1 Å². The Morgan fingerprint density at radius 3 is 3.05 bits per heavy atom. The topological polar surface area (TPSA) is 40.5 Å². The summed E-state index contributed by atoms with van der Waals surface area (Å²) >= 11 is 1.76. The quantitative estimate of drug-likeness (QED) is 0.671. The van der Waals surface area contributed by atoms with Crippen LogP contribution >= 0.6 is 11.3 Å². The number of thiazole rings is 1. The minimum absolute atomic E-state index is 0.772. The van der Waals surface area contributed by atoms with Crippen molar-refractivity contribution in [2.75, 3.05) is 26.2 Å².